The Morgan fingerprint density at radius 3 is 2.58 bits per heavy atom. The number of aryl methyl sites for hydroxylation is 1. The molecule has 0 aromatic carbocycles. The number of nitrogen functional groups attached to an aromatic ring is 1. The molecule has 1 heterocycles. The second-order valence-corrected chi connectivity index (χ2v) is 4.23. The number of aromatic nitrogens is 2. The highest BCUT2D eigenvalue weighted by Crippen LogP contribution is 2.21. The minimum atomic E-state index is 0.481. The Morgan fingerprint density at radius 2 is 1.95 bits per heavy atom. The molecule has 0 amide bonds. The highest BCUT2D eigenvalue weighted by atomic mass is 16.5. The van der Waals surface area contributed by atoms with Crippen LogP contribution in [0.2, 0.25) is 0 Å². The molecule has 108 valence electrons. The molecular weight excluding hydrogens is 244 g/mol. The number of unbranched alkanes of at least 4 members (excludes halogenated alkanes) is 1. The number of hydrazine groups is 1. The van der Waals surface area contributed by atoms with Crippen LogP contribution in [0.1, 0.15) is 38.1 Å². The molecule has 1 aromatic heterocycles. The van der Waals surface area contributed by atoms with Crippen LogP contribution in [-0.2, 0) is 11.2 Å². The van der Waals surface area contributed by atoms with E-state index in [2.05, 4.69) is 22.3 Å². The fourth-order valence-corrected chi connectivity index (χ4v) is 1.53. The van der Waals surface area contributed by atoms with E-state index < -0.39 is 0 Å². The van der Waals surface area contributed by atoms with E-state index in [0.717, 1.165) is 31.4 Å². The van der Waals surface area contributed by atoms with E-state index in [1.807, 2.05) is 13.8 Å². The smallest absolute Gasteiger partial charge is 0.221 e. The maximum absolute atomic E-state index is 5.63. The molecule has 0 unspecified atom stereocenters. The van der Waals surface area contributed by atoms with E-state index in [9.17, 15) is 0 Å². The summed E-state index contributed by atoms with van der Waals surface area (Å²) in [6.45, 7) is 7.83. The monoisotopic (exact) mass is 268 g/mol. The van der Waals surface area contributed by atoms with Crippen molar-refractivity contribution in [1.29, 1.82) is 0 Å². The number of rotatable bonds is 9. The summed E-state index contributed by atoms with van der Waals surface area (Å²) < 4.78 is 11.1. The standard InChI is InChI=1S/C13H24N4O2/c1-4-6-7-18-8-9-19-13-10(3)12(17-14)15-11(5-2)16-13/h4-9,14H2,1-3H3,(H,15,16,17). The zero-order valence-corrected chi connectivity index (χ0v) is 12.0. The number of hydrogen-bond donors (Lipinski definition) is 2. The molecule has 0 saturated heterocycles. The van der Waals surface area contributed by atoms with E-state index in [0.29, 0.717) is 30.7 Å². The van der Waals surface area contributed by atoms with Crippen molar-refractivity contribution in [2.24, 2.45) is 5.84 Å². The van der Waals surface area contributed by atoms with Gasteiger partial charge >= 0.3 is 0 Å². The lowest BCUT2D eigenvalue weighted by Gasteiger charge is -2.12. The van der Waals surface area contributed by atoms with Crippen LogP contribution in [0.5, 0.6) is 5.88 Å². The van der Waals surface area contributed by atoms with Gasteiger partial charge in [0.25, 0.3) is 0 Å². The van der Waals surface area contributed by atoms with Crippen LogP contribution in [0.3, 0.4) is 0 Å². The molecule has 1 aromatic rings. The normalized spacial score (nSPS) is 10.5. The van der Waals surface area contributed by atoms with Crippen molar-refractivity contribution >= 4 is 5.82 Å². The van der Waals surface area contributed by atoms with Gasteiger partial charge in [-0.1, -0.05) is 20.3 Å². The topological polar surface area (TPSA) is 82.3 Å². The number of hydrogen-bond acceptors (Lipinski definition) is 6. The summed E-state index contributed by atoms with van der Waals surface area (Å²) in [5.74, 6) is 7.31. The van der Waals surface area contributed by atoms with Crippen molar-refractivity contribution in [1.82, 2.24) is 9.97 Å². The highest BCUT2D eigenvalue weighted by Gasteiger charge is 2.10. The molecule has 0 atom stereocenters. The predicted molar refractivity (Wildman–Crippen MR) is 75.2 cm³/mol. The molecular formula is C13H24N4O2. The van der Waals surface area contributed by atoms with E-state index >= 15 is 0 Å². The average molecular weight is 268 g/mol. The number of anilines is 1. The molecule has 3 N–H and O–H groups in total. The molecule has 1 rings (SSSR count). The van der Waals surface area contributed by atoms with Gasteiger partial charge in [-0.2, -0.15) is 4.98 Å². The Labute approximate surface area is 114 Å². The fraction of sp³-hybridized carbons (Fsp3) is 0.692. The number of nitrogens with one attached hydrogen (secondary N) is 1. The van der Waals surface area contributed by atoms with Gasteiger partial charge in [-0.05, 0) is 13.3 Å². The first-order valence-electron chi connectivity index (χ1n) is 6.77. The molecule has 0 radical (unpaired) electrons. The van der Waals surface area contributed by atoms with Crippen molar-refractivity contribution in [2.75, 3.05) is 25.2 Å². The predicted octanol–water partition coefficient (Wildman–Crippen LogP) is 1.83. The summed E-state index contributed by atoms with van der Waals surface area (Å²) in [5.41, 5.74) is 3.38. The van der Waals surface area contributed by atoms with Gasteiger partial charge in [-0.15, -0.1) is 0 Å². The SMILES string of the molecule is CCCCOCCOc1nc(CC)nc(NN)c1C. The van der Waals surface area contributed by atoms with Crippen LogP contribution in [0.25, 0.3) is 0 Å². The zero-order chi connectivity index (χ0) is 14.1. The lowest BCUT2D eigenvalue weighted by atomic mass is 10.3. The maximum Gasteiger partial charge on any atom is 0.221 e. The van der Waals surface area contributed by atoms with Gasteiger partial charge in [0.1, 0.15) is 18.2 Å². The second kappa shape index (κ2) is 8.66. The number of ether oxygens (including phenoxy) is 2. The number of nitrogens with two attached hydrogens (primary N) is 1. The summed E-state index contributed by atoms with van der Waals surface area (Å²) in [6, 6.07) is 0. The van der Waals surface area contributed by atoms with Gasteiger partial charge in [-0.25, -0.2) is 10.8 Å². The van der Waals surface area contributed by atoms with Gasteiger partial charge in [0.15, 0.2) is 0 Å². The molecule has 6 heteroatoms. The molecule has 0 aliphatic carbocycles. The molecule has 0 aliphatic rings. The first kappa shape index (κ1) is 15.7. The molecule has 0 fully saturated rings. The third-order valence-electron chi connectivity index (χ3n) is 2.71. The summed E-state index contributed by atoms with van der Waals surface area (Å²) in [6.07, 6.45) is 2.95. The maximum atomic E-state index is 5.63. The highest BCUT2D eigenvalue weighted by molar-refractivity contribution is 5.47. The Morgan fingerprint density at radius 1 is 1.16 bits per heavy atom. The summed E-state index contributed by atoms with van der Waals surface area (Å²) >= 11 is 0. The minimum absolute atomic E-state index is 0.481. The zero-order valence-electron chi connectivity index (χ0n) is 12.0. The Kier molecular flexibility index (Phi) is 7.14. The van der Waals surface area contributed by atoms with E-state index in [1.54, 1.807) is 0 Å². The van der Waals surface area contributed by atoms with Crippen LogP contribution >= 0.6 is 0 Å². The second-order valence-electron chi connectivity index (χ2n) is 4.23. The van der Waals surface area contributed by atoms with Crippen molar-refractivity contribution in [2.45, 2.75) is 40.0 Å². The molecule has 19 heavy (non-hydrogen) atoms. The molecule has 6 nitrogen and oxygen atoms in total. The Balaban J connectivity index is 2.52. The third kappa shape index (κ3) is 5.00. The Bertz CT molecular complexity index is 385. The first-order valence-corrected chi connectivity index (χ1v) is 6.77. The molecule has 0 saturated carbocycles. The average Bonchev–Trinajstić information content (AvgIpc) is 2.44. The van der Waals surface area contributed by atoms with Gasteiger partial charge in [0.05, 0.1) is 12.2 Å². The van der Waals surface area contributed by atoms with Gasteiger partial charge in [0.2, 0.25) is 5.88 Å². The van der Waals surface area contributed by atoms with Gasteiger partial charge in [0, 0.05) is 13.0 Å². The lowest BCUT2D eigenvalue weighted by Crippen LogP contribution is -2.15. The molecule has 0 bridgehead atoms. The number of nitrogens with zero attached hydrogens (tertiary/aromatic N) is 2. The minimum Gasteiger partial charge on any atom is -0.475 e. The summed E-state index contributed by atoms with van der Waals surface area (Å²) in [5, 5.41) is 0. The largest absolute Gasteiger partial charge is 0.475 e. The van der Waals surface area contributed by atoms with Crippen molar-refractivity contribution in [3.63, 3.8) is 0 Å². The summed E-state index contributed by atoms with van der Waals surface area (Å²) in [4.78, 5) is 8.63. The van der Waals surface area contributed by atoms with Crippen LogP contribution in [0, 0.1) is 6.92 Å². The van der Waals surface area contributed by atoms with Crippen LogP contribution in [-0.4, -0.2) is 29.8 Å². The quantitative estimate of drug-likeness (QED) is 0.404. The summed E-state index contributed by atoms with van der Waals surface area (Å²) in [7, 11) is 0. The van der Waals surface area contributed by atoms with Gasteiger partial charge < -0.3 is 14.9 Å². The Hall–Kier alpha value is -1.40. The lowest BCUT2D eigenvalue weighted by molar-refractivity contribution is 0.0961. The third-order valence-corrected chi connectivity index (χ3v) is 2.71. The van der Waals surface area contributed by atoms with Crippen LogP contribution < -0.4 is 16.0 Å². The molecule has 0 spiro atoms. The van der Waals surface area contributed by atoms with Crippen LogP contribution in [0.15, 0.2) is 0 Å². The van der Waals surface area contributed by atoms with Gasteiger partial charge in [-0.3, -0.25) is 0 Å². The van der Waals surface area contributed by atoms with E-state index in [4.69, 9.17) is 15.3 Å². The van der Waals surface area contributed by atoms with E-state index in [-0.39, 0.29) is 0 Å². The van der Waals surface area contributed by atoms with Crippen molar-refractivity contribution in [3.8, 4) is 5.88 Å². The van der Waals surface area contributed by atoms with Crippen molar-refractivity contribution < 1.29 is 9.47 Å². The first-order chi connectivity index (χ1) is 9.22. The van der Waals surface area contributed by atoms with Crippen molar-refractivity contribution in [3.05, 3.63) is 11.4 Å². The van der Waals surface area contributed by atoms with Crippen LogP contribution in [0.4, 0.5) is 5.82 Å². The fourth-order valence-electron chi connectivity index (χ4n) is 1.53. The molecule has 0 aliphatic heterocycles. The van der Waals surface area contributed by atoms with E-state index in [1.165, 1.54) is 0 Å².